The SMILES string of the molecule is CCCCCCCCCc1ccc(OC(=O)c2cnc(-c3ccc(CCC)cc3)cn2)c(F)c1. The summed E-state index contributed by atoms with van der Waals surface area (Å²) in [5.41, 5.74) is 3.82. The quantitative estimate of drug-likeness (QED) is 0.148. The Kier molecular flexibility index (Phi) is 10.2. The minimum absolute atomic E-state index is 0.0397. The van der Waals surface area contributed by atoms with Gasteiger partial charge in [-0.1, -0.05) is 89.1 Å². The zero-order valence-electron chi connectivity index (χ0n) is 20.4. The fraction of sp³-hybridized carbons (Fsp3) is 0.414. The van der Waals surface area contributed by atoms with Crippen molar-refractivity contribution in [2.45, 2.75) is 78.1 Å². The van der Waals surface area contributed by atoms with Crippen LogP contribution in [0.2, 0.25) is 0 Å². The van der Waals surface area contributed by atoms with E-state index in [1.165, 1.54) is 62.2 Å². The van der Waals surface area contributed by atoms with Gasteiger partial charge in [-0.05, 0) is 42.5 Å². The lowest BCUT2D eigenvalue weighted by Gasteiger charge is -2.08. The lowest BCUT2D eigenvalue weighted by Crippen LogP contribution is -2.12. The van der Waals surface area contributed by atoms with Crippen LogP contribution in [0.5, 0.6) is 5.75 Å². The highest BCUT2D eigenvalue weighted by molar-refractivity contribution is 5.88. The second-order valence-electron chi connectivity index (χ2n) is 8.76. The molecule has 0 bridgehead atoms. The second-order valence-corrected chi connectivity index (χ2v) is 8.76. The molecule has 1 heterocycles. The van der Waals surface area contributed by atoms with E-state index in [2.05, 4.69) is 35.9 Å². The summed E-state index contributed by atoms with van der Waals surface area (Å²) in [6.45, 7) is 4.36. The van der Waals surface area contributed by atoms with Gasteiger partial charge < -0.3 is 4.74 Å². The van der Waals surface area contributed by atoms with Crippen LogP contribution in [0, 0.1) is 5.82 Å². The Balaban J connectivity index is 1.51. The van der Waals surface area contributed by atoms with Gasteiger partial charge in [0.05, 0.1) is 18.1 Å². The van der Waals surface area contributed by atoms with Crippen LogP contribution < -0.4 is 4.74 Å². The van der Waals surface area contributed by atoms with Crippen LogP contribution in [0.15, 0.2) is 54.9 Å². The Labute approximate surface area is 202 Å². The molecule has 3 rings (SSSR count). The molecule has 0 amide bonds. The van der Waals surface area contributed by atoms with Crippen LogP contribution in [0.1, 0.15) is 86.8 Å². The number of nitrogens with zero attached hydrogens (tertiary/aromatic N) is 2. The summed E-state index contributed by atoms with van der Waals surface area (Å²) in [6.07, 6.45) is 14.4. The Morgan fingerprint density at radius 2 is 1.50 bits per heavy atom. The summed E-state index contributed by atoms with van der Waals surface area (Å²) in [7, 11) is 0. The van der Waals surface area contributed by atoms with E-state index in [9.17, 15) is 9.18 Å². The number of aromatic nitrogens is 2. The maximum atomic E-state index is 14.5. The smallest absolute Gasteiger partial charge is 0.364 e. The van der Waals surface area contributed by atoms with Crippen LogP contribution in [-0.2, 0) is 12.8 Å². The van der Waals surface area contributed by atoms with Gasteiger partial charge in [-0.2, -0.15) is 0 Å². The molecule has 34 heavy (non-hydrogen) atoms. The molecule has 0 N–H and O–H groups in total. The van der Waals surface area contributed by atoms with Crippen molar-refractivity contribution in [1.29, 1.82) is 0 Å². The van der Waals surface area contributed by atoms with Gasteiger partial charge in [-0.15, -0.1) is 0 Å². The first-order chi connectivity index (χ1) is 16.6. The van der Waals surface area contributed by atoms with Crippen LogP contribution in [0.4, 0.5) is 4.39 Å². The minimum atomic E-state index is -0.726. The fourth-order valence-corrected chi connectivity index (χ4v) is 3.93. The Hall–Kier alpha value is -3.08. The van der Waals surface area contributed by atoms with Gasteiger partial charge in [0.2, 0.25) is 0 Å². The van der Waals surface area contributed by atoms with Gasteiger partial charge in [0.15, 0.2) is 17.3 Å². The molecule has 0 fully saturated rings. The predicted octanol–water partition coefficient (Wildman–Crippen LogP) is 7.75. The van der Waals surface area contributed by atoms with Crippen molar-refractivity contribution in [3.8, 4) is 17.0 Å². The van der Waals surface area contributed by atoms with Gasteiger partial charge in [0.25, 0.3) is 0 Å². The molecule has 180 valence electrons. The van der Waals surface area contributed by atoms with Gasteiger partial charge in [0.1, 0.15) is 0 Å². The van der Waals surface area contributed by atoms with Crippen molar-refractivity contribution >= 4 is 5.97 Å². The zero-order chi connectivity index (χ0) is 24.2. The van der Waals surface area contributed by atoms with Crippen molar-refractivity contribution in [1.82, 2.24) is 9.97 Å². The number of rotatable bonds is 13. The van der Waals surface area contributed by atoms with E-state index in [-0.39, 0.29) is 11.4 Å². The molecule has 3 aromatic rings. The van der Waals surface area contributed by atoms with E-state index < -0.39 is 11.8 Å². The first-order valence-electron chi connectivity index (χ1n) is 12.5. The normalized spacial score (nSPS) is 10.9. The monoisotopic (exact) mass is 462 g/mol. The molecule has 0 radical (unpaired) electrons. The number of unbranched alkanes of at least 4 members (excludes halogenated alkanes) is 6. The lowest BCUT2D eigenvalue weighted by molar-refractivity contribution is 0.0721. The summed E-state index contributed by atoms with van der Waals surface area (Å²) in [4.78, 5) is 20.9. The van der Waals surface area contributed by atoms with E-state index in [1.54, 1.807) is 0 Å². The van der Waals surface area contributed by atoms with Gasteiger partial charge in [-0.3, -0.25) is 4.98 Å². The number of esters is 1. The highest BCUT2D eigenvalue weighted by atomic mass is 19.1. The van der Waals surface area contributed by atoms with Crippen LogP contribution in [-0.4, -0.2) is 15.9 Å². The van der Waals surface area contributed by atoms with E-state index >= 15 is 0 Å². The molecule has 0 spiro atoms. The van der Waals surface area contributed by atoms with Crippen molar-refractivity contribution in [2.75, 3.05) is 0 Å². The predicted molar refractivity (Wildman–Crippen MR) is 135 cm³/mol. The van der Waals surface area contributed by atoms with Crippen LogP contribution in [0.25, 0.3) is 11.3 Å². The average molecular weight is 463 g/mol. The molecular weight excluding hydrogens is 427 g/mol. The van der Waals surface area contributed by atoms with Crippen molar-refractivity contribution in [3.63, 3.8) is 0 Å². The summed E-state index contributed by atoms with van der Waals surface area (Å²) >= 11 is 0. The molecule has 0 atom stereocenters. The van der Waals surface area contributed by atoms with E-state index in [4.69, 9.17) is 4.74 Å². The number of hydrogen-bond donors (Lipinski definition) is 0. The number of halogens is 1. The minimum Gasteiger partial charge on any atom is -0.419 e. The lowest BCUT2D eigenvalue weighted by atomic mass is 10.0. The number of ether oxygens (including phenoxy) is 1. The number of hydrogen-bond acceptors (Lipinski definition) is 4. The molecule has 0 aliphatic carbocycles. The topological polar surface area (TPSA) is 52.1 Å². The summed E-state index contributed by atoms with van der Waals surface area (Å²) < 4.78 is 19.7. The third kappa shape index (κ3) is 7.75. The van der Waals surface area contributed by atoms with Crippen molar-refractivity contribution < 1.29 is 13.9 Å². The Morgan fingerprint density at radius 1 is 0.794 bits per heavy atom. The van der Waals surface area contributed by atoms with E-state index in [0.29, 0.717) is 5.69 Å². The summed E-state index contributed by atoms with van der Waals surface area (Å²) in [5, 5.41) is 0. The van der Waals surface area contributed by atoms with Crippen LogP contribution in [0.3, 0.4) is 0 Å². The van der Waals surface area contributed by atoms with Crippen molar-refractivity contribution in [2.24, 2.45) is 0 Å². The maximum Gasteiger partial charge on any atom is 0.364 e. The van der Waals surface area contributed by atoms with E-state index in [1.807, 2.05) is 18.2 Å². The third-order valence-electron chi connectivity index (χ3n) is 5.92. The van der Waals surface area contributed by atoms with Crippen LogP contribution >= 0.6 is 0 Å². The van der Waals surface area contributed by atoms with Gasteiger partial charge in [-0.25, -0.2) is 14.2 Å². The first kappa shape index (κ1) is 25.5. The number of aryl methyl sites for hydroxylation is 2. The molecular formula is C29H35FN2O2. The Morgan fingerprint density at radius 3 is 2.15 bits per heavy atom. The Bertz CT molecular complexity index is 1030. The third-order valence-corrected chi connectivity index (χ3v) is 5.92. The molecule has 1 aromatic heterocycles. The fourth-order valence-electron chi connectivity index (χ4n) is 3.93. The highest BCUT2D eigenvalue weighted by Crippen LogP contribution is 2.22. The molecule has 0 aliphatic rings. The molecule has 0 unspecified atom stereocenters. The summed E-state index contributed by atoms with van der Waals surface area (Å²) in [5.74, 6) is -1.35. The number of benzene rings is 2. The van der Waals surface area contributed by atoms with Gasteiger partial charge >= 0.3 is 5.97 Å². The number of carbonyl (C=O) groups is 1. The molecule has 0 aliphatic heterocycles. The standard InChI is InChI=1S/C29H35FN2O2/c1-3-5-6-7-8-9-10-12-23-15-18-28(25(30)19-23)34-29(33)27-21-31-26(20-32-27)24-16-13-22(11-4-2)14-17-24/h13-21H,3-12H2,1-2H3. The molecule has 0 saturated heterocycles. The zero-order valence-corrected chi connectivity index (χ0v) is 20.4. The molecule has 4 nitrogen and oxygen atoms in total. The van der Waals surface area contributed by atoms with Gasteiger partial charge in [0, 0.05) is 5.56 Å². The highest BCUT2D eigenvalue weighted by Gasteiger charge is 2.15. The number of carbonyl (C=O) groups excluding carboxylic acids is 1. The van der Waals surface area contributed by atoms with E-state index in [0.717, 1.165) is 43.2 Å². The molecule has 5 heteroatoms. The molecule has 2 aromatic carbocycles. The maximum absolute atomic E-state index is 14.5. The molecule has 0 saturated carbocycles. The average Bonchev–Trinajstić information content (AvgIpc) is 2.86. The van der Waals surface area contributed by atoms with Crippen molar-refractivity contribution in [3.05, 3.63) is 77.5 Å². The summed E-state index contributed by atoms with van der Waals surface area (Å²) in [6, 6.07) is 12.9. The first-order valence-corrected chi connectivity index (χ1v) is 12.5. The largest absolute Gasteiger partial charge is 0.419 e. The second kappa shape index (κ2) is 13.6.